The van der Waals surface area contributed by atoms with Gasteiger partial charge in [0.2, 0.25) is 0 Å². The van der Waals surface area contributed by atoms with E-state index >= 15 is 0 Å². The number of benzene rings is 1. The number of hydrogen-bond donors (Lipinski definition) is 1. The highest BCUT2D eigenvalue weighted by molar-refractivity contribution is 8.00. The highest BCUT2D eigenvalue weighted by Gasteiger charge is 2.46. The molecule has 2 aliphatic heterocycles. The molecule has 0 aliphatic carbocycles. The zero-order chi connectivity index (χ0) is 18.3. The fraction of sp³-hybridized carbons (Fsp3) is 0.412. The summed E-state index contributed by atoms with van der Waals surface area (Å²) < 4.78 is 32.4. The number of aromatic nitrogens is 2. The second kappa shape index (κ2) is 6.90. The third kappa shape index (κ3) is 2.85. The maximum atomic E-state index is 14.9. The van der Waals surface area contributed by atoms with E-state index in [0.717, 1.165) is 5.69 Å². The summed E-state index contributed by atoms with van der Waals surface area (Å²) in [4.78, 5) is 16.5. The van der Waals surface area contributed by atoms with Crippen LogP contribution in [0, 0.1) is 0 Å². The maximum Gasteiger partial charge on any atom is 0.350 e. The first kappa shape index (κ1) is 17.3. The Morgan fingerprint density at radius 1 is 1.35 bits per heavy atom. The monoisotopic (exact) mass is 379 g/mol. The second-order valence-corrected chi connectivity index (χ2v) is 7.39. The van der Waals surface area contributed by atoms with Crippen molar-refractivity contribution < 1.29 is 18.6 Å². The molecule has 1 saturated heterocycles. The first-order chi connectivity index (χ1) is 12.6. The lowest BCUT2D eigenvalue weighted by Crippen LogP contribution is -2.35. The molecular formula is C17H18FN3O4S. The van der Waals surface area contributed by atoms with Crippen LogP contribution in [0.1, 0.15) is 5.37 Å². The zero-order valence-electron chi connectivity index (χ0n) is 14.2. The molecule has 0 radical (unpaired) electrons. The van der Waals surface area contributed by atoms with Gasteiger partial charge in [0.15, 0.2) is 23.5 Å². The number of anilines is 2. The molecule has 1 fully saturated rings. The number of thioether (sulfide) groups is 1. The molecule has 9 heteroatoms. The average Bonchev–Trinajstić information content (AvgIpc) is 2.95. The molecule has 4 atom stereocenters. The lowest BCUT2D eigenvalue weighted by molar-refractivity contribution is 0.0182. The van der Waals surface area contributed by atoms with Crippen molar-refractivity contribution in [2.45, 2.75) is 22.9 Å². The highest BCUT2D eigenvalue weighted by atomic mass is 32.2. The van der Waals surface area contributed by atoms with Crippen LogP contribution in [-0.4, -0.2) is 47.9 Å². The molecule has 0 spiro atoms. The summed E-state index contributed by atoms with van der Waals surface area (Å²) in [6.45, 7) is 0.332. The van der Waals surface area contributed by atoms with Crippen molar-refractivity contribution in [3.63, 3.8) is 0 Å². The van der Waals surface area contributed by atoms with E-state index in [9.17, 15) is 9.18 Å². The lowest BCUT2D eigenvalue weighted by atomic mass is 10.1. The minimum Gasteiger partial charge on any atom is -0.450 e. The lowest BCUT2D eigenvalue weighted by Gasteiger charge is -2.23. The Kier molecular flexibility index (Phi) is 4.60. The molecule has 2 aliphatic rings. The van der Waals surface area contributed by atoms with Crippen molar-refractivity contribution in [1.29, 1.82) is 0 Å². The Morgan fingerprint density at radius 3 is 2.92 bits per heavy atom. The Balaban J connectivity index is 1.68. The van der Waals surface area contributed by atoms with Gasteiger partial charge in [-0.25, -0.2) is 9.18 Å². The smallest absolute Gasteiger partial charge is 0.350 e. The van der Waals surface area contributed by atoms with Crippen LogP contribution in [0.25, 0.3) is 0 Å². The van der Waals surface area contributed by atoms with E-state index in [-0.39, 0.29) is 5.25 Å². The molecule has 138 valence electrons. The van der Waals surface area contributed by atoms with Crippen molar-refractivity contribution >= 4 is 23.3 Å². The van der Waals surface area contributed by atoms with Crippen LogP contribution in [0.2, 0.25) is 0 Å². The van der Waals surface area contributed by atoms with Crippen LogP contribution in [0.15, 0.2) is 35.3 Å². The third-order valence-electron chi connectivity index (χ3n) is 4.42. The predicted molar refractivity (Wildman–Crippen MR) is 96.3 cm³/mol. The fourth-order valence-electron chi connectivity index (χ4n) is 3.20. The van der Waals surface area contributed by atoms with Crippen molar-refractivity contribution in [3.05, 3.63) is 40.9 Å². The predicted octanol–water partition coefficient (Wildman–Crippen LogP) is 2.71. The number of hydrogen-bond acceptors (Lipinski definition) is 7. The Labute approximate surface area is 153 Å². The van der Waals surface area contributed by atoms with E-state index in [1.807, 2.05) is 18.2 Å². The normalized spacial score (nSPS) is 26.6. The summed E-state index contributed by atoms with van der Waals surface area (Å²) in [5.74, 6) is 1.32. The molecule has 0 amide bonds. The Hall–Kier alpha value is -2.10. The van der Waals surface area contributed by atoms with Crippen molar-refractivity contribution in [3.8, 4) is 11.5 Å². The number of alkyl halides is 1. The highest BCUT2D eigenvalue weighted by Crippen LogP contribution is 2.46. The molecule has 0 bridgehead atoms. The SMILES string of the molecule is COC[C@H]1S[C@@H](n2cc3c(nc2=O)Nc2ccccc2O3)C(F)C1OC. The molecule has 26 heavy (non-hydrogen) atoms. The number of nitrogens with zero attached hydrogens (tertiary/aromatic N) is 2. The van der Waals surface area contributed by atoms with Crippen LogP contribution < -0.4 is 15.7 Å². The van der Waals surface area contributed by atoms with Crippen LogP contribution in [0.4, 0.5) is 15.9 Å². The number of fused-ring (bicyclic) bond motifs is 2. The number of ether oxygens (including phenoxy) is 3. The summed E-state index contributed by atoms with van der Waals surface area (Å²) in [6.07, 6.45) is -0.529. The molecule has 2 unspecified atom stereocenters. The van der Waals surface area contributed by atoms with Gasteiger partial charge in [-0.15, -0.1) is 11.8 Å². The van der Waals surface area contributed by atoms with Gasteiger partial charge in [-0.05, 0) is 12.1 Å². The number of rotatable bonds is 4. The summed E-state index contributed by atoms with van der Waals surface area (Å²) in [5.41, 5.74) is 0.176. The summed E-state index contributed by atoms with van der Waals surface area (Å²) in [7, 11) is 3.01. The first-order valence-electron chi connectivity index (χ1n) is 8.10. The molecular weight excluding hydrogens is 361 g/mol. The van der Waals surface area contributed by atoms with E-state index in [2.05, 4.69) is 10.3 Å². The molecule has 1 aromatic heterocycles. The van der Waals surface area contributed by atoms with E-state index in [1.54, 1.807) is 13.2 Å². The van der Waals surface area contributed by atoms with E-state index < -0.39 is 23.3 Å². The molecule has 7 nitrogen and oxygen atoms in total. The topological polar surface area (TPSA) is 74.6 Å². The number of halogens is 1. The molecule has 2 aromatic rings. The molecule has 1 aromatic carbocycles. The number of nitrogens with one attached hydrogen (secondary N) is 1. The molecule has 4 rings (SSSR count). The van der Waals surface area contributed by atoms with E-state index in [4.69, 9.17) is 14.2 Å². The van der Waals surface area contributed by atoms with Crippen LogP contribution in [0.3, 0.4) is 0 Å². The van der Waals surface area contributed by atoms with Crippen LogP contribution in [-0.2, 0) is 9.47 Å². The van der Waals surface area contributed by atoms with Gasteiger partial charge in [0.1, 0.15) is 11.5 Å². The summed E-state index contributed by atoms with van der Waals surface area (Å²) in [5, 5.41) is 2.09. The van der Waals surface area contributed by atoms with E-state index in [0.29, 0.717) is 23.9 Å². The summed E-state index contributed by atoms with van der Waals surface area (Å²) >= 11 is 1.30. The van der Waals surface area contributed by atoms with Gasteiger partial charge in [-0.3, -0.25) is 4.57 Å². The van der Waals surface area contributed by atoms with Gasteiger partial charge in [-0.2, -0.15) is 4.98 Å². The van der Waals surface area contributed by atoms with Gasteiger partial charge >= 0.3 is 5.69 Å². The minimum absolute atomic E-state index is 0.215. The number of methoxy groups -OCH3 is 2. The quantitative estimate of drug-likeness (QED) is 0.747. The molecule has 0 saturated carbocycles. The van der Waals surface area contributed by atoms with Gasteiger partial charge in [0.05, 0.1) is 23.7 Å². The zero-order valence-corrected chi connectivity index (χ0v) is 15.0. The second-order valence-electron chi connectivity index (χ2n) is 6.03. The van der Waals surface area contributed by atoms with Crippen LogP contribution >= 0.6 is 11.8 Å². The van der Waals surface area contributed by atoms with Crippen molar-refractivity contribution in [1.82, 2.24) is 9.55 Å². The van der Waals surface area contributed by atoms with Gasteiger partial charge in [0.25, 0.3) is 0 Å². The van der Waals surface area contributed by atoms with Gasteiger partial charge < -0.3 is 19.5 Å². The van der Waals surface area contributed by atoms with Gasteiger partial charge in [-0.1, -0.05) is 12.1 Å². The van der Waals surface area contributed by atoms with Gasteiger partial charge in [0, 0.05) is 14.2 Å². The third-order valence-corrected chi connectivity index (χ3v) is 5.94. The first-order valence-corrected chi connectivity index (χ1v) is 9.05. The molecule has 1 N–H and O–H groups in total. The van der Waals surface area contributed by atoms with Crippen molar-refractivity contribution in [2.24, 2.45) is 0 Å². The summed E-state index contributed by atoms with van der Waals surface area (Å²) in [6, 6.07) is 7.33. The largest absolute Gasteiger partial charge is 0.450 e. The maximum absolute atomic E-state index is 14.9. The van der Waals surface area contributed by atoms with Crippen molar-refractivity contribution in [2.75, 3.05) is 26.1 Å². The number of para-hydroxylation sites is 2. The van der Waals surface area contributed by atoms with Crippen LogP contribution in [0.5, 0.6) is 11.5 Å². The Morgan fingerprint density at radius 2 is 2.15 bits per heavy atom. The Bertz CT molecular complexity index is 877. The average molecular weight is 379 g/mol. The minimum atomic E-state index is -1.37. The standard InChI is InChI=1S/C17H18FN3O4S/c1-23-8-12-14(24-2)13(18)16(26-12)21-7-11-15(20-17(21)22)19-9-5-3-4-6-10(9)25-11/h3-7,12-14,16H,8H2,1-2H3,(H,19,20,22)/t12-,13?,14?,16-/m1/s1. The molecule has 3 heterocycles. The van der Waals surface area contributed by atoms with E-state index in [1.165, 1.54) is 29.6 Å². The fourth-order valence-corrected chi connectivity index (χ4v) is 4.78.